The van der Waals surface area contributed by atoms with E-state index < -0.39 is 0 Å². The van der Waals surface area contributed by atoms with Crippen molar-refractivity contribution in [2.24, 2.45) is 5.92 Å². The van der Waals surface area contributed by atoms with Gasteiger partial charge < -0.3 is 4.74 Å². The first-order valence-corrected chi connectivity index (χ1v) is 6.29. The molecule has 0 spiro atoms. The van der Waals surface area contributed by atoms with E-state index in [1.807, 2.05) is 0 Å². The molecule has 2 heteroatoms. The summed E-state index contributed by atoms with van der Waals surface area (Å²) < 4.78 is 7.11. The molecule has 0 unspecified atom stereocenters. The third kappa shape index (κ3) is 2.36. The highest BCUT2D eigenvalue weighted by Crippen LogP contribution is 2.33. The van der Waals surface area contributed by atoms with Crippen LogP contribution in [-0.2, 0) is 0 Å². The number of hydrogen-bond acceptors (Lipinski definition) is 1. The standard InChI is InChI=1S/C13H17BrO/c1-8-4-11(5-8)15-12-6-9(2)13(14)10(3)7-12/h6-8,11H,4-5H2,1-3H3. The Hall–Kier alpha value is -0.500. The van der Waals surface area contributed by atoms with Crippen LogP contribution in [0.3, 0.4) is 0 Å². The molecule has 1 aromatic carbocycles. The Morgan fingerprint density at radius 1 is 1.20 bits per heavy atom. The summed E-state index contributed by atoms with van der Waals surface area (Å²) in [6, 6.07) is 4.22. The van der Waals surface area contributed by atoms with Crippen LogP contribution in [0.15, 0.2) is 16.6 Å². The SMILES string of the molecule is Cc1cc(OC2CC(C)C2)cc(C)c1Br. The zero-order valence-electron chi connectivity index (χ0n) is 9.51. The molecule has 1 fully saturated rings. The fraction of sp³-hybridized carbons (Fsp3) is 0.538. The van der Waals surface area contributed by atoms with Gasteiger partial charge in [0.15, 0.2) is 0 Å². The van der Waals surface area contributed by atoms with Gasteiger partial charge in [0, 0.05) is 4.47 Å². The van der Waals surface area contributed by atoms with E-state index in [2.05, 4.69) is 48.8 Å². The van der Waals surface area contributed by atoms with Crippen molar-refractivity contribution >= 4 is 15.9 Å². The fourth-order valence-corrected chi connectivity index (χ4v) is 2.32. The second-order valence-electron chi connectivity index (χ2n) is 4.69. The zero-order valence-corrected chi connectivity index (χ0v) is 11.1. The summed E-state index contributed by atoms with van der Waals surface area (Å²) in [5.74, 6) is 1.86. The molecular formula is C13H17BrO. The van der Waals surface area contributed by atoms with Crippen molar-refractivity contribution in [3.63, 3.8) is 0 Å². The average molecular weight is 269 g/mol. The molecule has 0 heterocycles. The van der Waals surface area contributed by atoms with Crippen LogP contribution in [0.25, 0.3) is 0 Å². The maximum atomic E-state index is 5.92. The number of benzene rings is 1. The van der Waals surface area contributed by atoms with E-state index >= 15 is 0 Å². The van der Waals surface area contributed by atoms with Gasteiger partial charge in [0.05, 0.1) is 6.10 Å². The van der Waals surface area contributed by atoms with E-state index in [1.165, 1.54) is 28.4 Å². The largest absolute Gasteiger partial charge is 0.490 e. The van der Waals surface area contributed by atoms with Gasteiger partial charge in [0.25, 0.3) is 0 Å². The van der Waals surface area contributed by atoms with E-state index in [4.69, 9.17) is 4.74 Å². The van der Waals surface area contributed by atoms with Gasteiger partial charge in [-0.25, -0.2) is 0 Å². The second-order valence-corrected chi connectivity index (χ2v) is 5.48. The molecule has 0 atom stereocenters. The number of aryl methyl sites for hydroxylation is 2. The van der Waals surface area contributed by atoms with Crippen LogP contribution < -0.4 is 4.74 Å². The molecule has 0 N–H and O–H groups in total. The van der Waals surface area contributed by atoms with Crippen LogP contribution >= 0.6 is 15.9 Å². The monoisotopic (exact) mass is 268 g/mol. The van der Waals surface area contributed by atoms with E-state index in [0.29, 0.717) is 6.10 Å². The fourth-order valence-electron chi connectivity index (χ4n) is 2.09. The van der Waals surface area contributed by atoms with Gasteiger partial charge in [0.2, 0.25) is 0 Å². The minimum atomic E-state index is 0.444. The molecule has 2 rings (SSSR count). The van der Waals surface area contributed by atoms with Gasteiger partial charge in [-0.15, -0.1) is 0 Å². The smallest absolute Gasteiger partial charge is 0.120 e. The highest BCUT2D eigenvalue weighted by Gasteiger charge is 2.27. The Bertz CT molecular complexity index is 344. The molecule has 0 saturated heterocycles. The normalized spacial score (nSPS) is 24.8. The average Bonchev–Trinajstić information content (AvgIpc) is 2.11. The van der Waals surface area contributed by atoms with E-state index in [9.17, 15) is 0 Å². The minimum absolute atomic E-state index is 0.444. The number of rotatable bonds is 2. The van der Waals surface area contributed by atoms with E-state index in [0.717, 1.165) is 11.7 Å². The van der Waals surface area contributed by atoms with Gasteiger partial charge >= 0.3 is 0 Å². The van der Waals surface area contributed by atoms with Crippen molar-refractivity contribution in [3.05, 3.63) is 27.7 Å². The maximum absolute atomic E-state index is 5.92. The van der Waals surface area contributed by atoms with Crippen LogP contribution in [0.4, 0.5) is 0 Å². The van der Waals surface area contributed by atoms with Gasteiger partial charge in [-0.05, 0) is 55.9 Å². The summed E-state index contributed by atoms with van der Waals surface area (Å²) in [7, 11) is 0. The lowest BCUT2D eigenvalue weighted by molar-refractivity contribution is 0.0738. The lowest BCUT2D eigenvalue weighted by Gasteiger charge is -2.33. The quantitative estimate of drug-likeness (QED) is 0.780. The predicted molar refractivity (Wildman–Crippen MR) is 66.4 cm³/mol. The van der Waals surface area contributed by atoms with Gasteiger partial charge in [0.1, 0.15) is 5.75 Å². The first kappa shape index (κ1) is 11.0. The summed E-state index contributed by atoms with van der Waals surface area (Å²) in [5, 5.41) is 0. The van der Waals surface area contributed by atoms with E-state index in [1.54, 1.807) is 0 Å². The summed E-state index contributed by atoms with van der Waals surface area (Å²) >= 11 is 3.56. The summed E-state index contributed by atoms with van der Waals surface area (Å²) in [6.45, 7) is 6.48. The Labute approximate surface area is 100.0 Å². The van der Waals surface area contributed by atoms with Crippen molar-refractivity contribution < 1.29 is 4.74 Å². The molecule has 1 aliphatic rings. The highest BCUT2D eigenvalue weighted by atomic mass is 79.9. The van der Waals surface area contributed by atoms with Crippen molar-refractivity contribution in [1.82, 2.24) is 0 Å². The molecule has 1 nitrogen and oxygen atoms in total. The predicted octanol–water partition coefficient (Wildman–Crippen LogP) is 4.24. The molecule has 0 aromatic heterocycles. The van der Waals surface area contributed by atoms with Crippen molar-refractivity contribution in [1.29, 1.82) is 0 Å². The van der Waals surface area contributed by atoms with Crippen molar-refractivity contribution in [2.75, 3.05) is 0 Å². The Morgan fingerprint density at radius 3 is 2.20 bits per heavy atom. The molecule has 1 aliphatic carbocycles. The van der Waals surface area contributed by atoms with Crippen LogP contribution in [-0.4, -0.2) is 6.10 Å². The Kier molecular flexibility index (Phi) is 3.06. The Morgan fingerprint density at radius 2 is 1.73 bits per heavy atom. The van der Waals surface area contributed by atoms with Gasteiger partial charge in [-0.3, -0.25) is 0 Å². The molecule has 1 aromatic rings. The maximum Gasteiger partial charge on any atom is 0.120 e. The molecule has 0 amide bonds. The van der Waals surface area contributed by atoms with E-state index in [-0.39, 0.29) is 0 Å². The lowest BCUT2D eigenvalue weighted by Crippen LogP contribution is -2.31. The summed E-state index contributed by atoms with van der Waals surface area (Å²) in [5.41, 5.74) is 2.50. The first-order chi connectivity index (χ1) is 7.06. The third-order valence-corrected chi connectivity index (χ3v) is 4.29. The van der Waals surface area contributed by atoms with Crippen LogP contribution in [0, 0.1) is 19.8 Å². The minimum Gasteiger partial charge on any atom is -0.490 e. The summed E-state index contributed by atoms with van der Waals surface area (Å²) in [4.78, 5) is 0. The van der Waals surface area contributed by atoms with Gasteiger partial charge in [-0.2, -0.15) is 0 Å². The molecule has 82 valence electrons. The highest BCUT2D eigenvalue weighted by molar-refractivity contribution is 9.10. The van der Waals surface area contributed by atoms with Crippen molar-refractivity contribution in [3.8, 4) is 5.75 Å². The molecule has 0 aliphatic heterocycles. The number of hydrogen-bond donors (Lipinski definition) is 0. The number of ether oxygens (including phenoxy) is 1. The molecule has 15 heavy (non-hydrogen) atoms. The third-order valence-electron chi connectivity index (χ3n) is 3.04. The van der Waals surface area contributed by atoms with Gasteiger partial charge in [-0.1, -0.05) is 22.9 Å². The molecule has 0 bridgehead atoms. The zero-order chi connectivity index (χ0) is 11.0. The topological polar surface area (TPSA) is 9.23 Å². The van der Waals surface area contributed by atoms with Crippen LogP contribution in [0.2, 0.25) is 0 Å². The van der Waals surface area contributed by atoms with Crippen LogP contribution in [0.1, 0.15) is 30.9 Å². The number of halogens is 1. The summed E-state index contributed by atoms with van der Waals surface area (Å²) in [6.07, 6.45) is 2.85. The lowest BCUT2D eigenvalue weighted by atomic mass is 9.84. The van der Waals surface area contributed by atoms with Crippen molar-refractivity contribution in [2.45, 2.75) is 39.7 Å². The first-order valence-electron chi connectivity index (χ1n) is 5.49. The Balaban J connectivity index is 2.09. The van der Waals surface area contributed by atoms with Crippen LogP contribution in [0.5, 0.6) is 5.75 Å². The molecular weight excluding hydrogens is 252 g/mol. The second kappa shape index (κ2) is 4.17. The molecule has 0 radical (unpaired) electrons. The molecule has 1 saturated carbocycles.